The van der Waals surface area contributed by atoms with Crippen molar-refractivity contribution in [3.63, 3.8) is 0 Å². The number of nitrogens with one attached hydrogen (secondary N) is 2. The third-order valence-corrected chi connectivity index (χ3v) is 5.34. The van der Waals surface area contributed by atoms with Gasteiger partial charge in [0.2, 0.25) is 5.91 Å². The van der Waals surface area contributed by atoms with Gasteiger partial charge in [-0.15, -0.1) is 0 Å². The van der Waals surface area contributed by atoms with Crippen LogP contribution in [0, 0.1) is 11.6 Å². The zero-order valence-corrected chi connectivity index (χ0v) is 17.8. The van der Waals surface area contributed by atoms with Crippen LogP contribution in [0.2, 0.25) is 0 Å². The van der Waals surface area contributed by atoms with Crippen molar-refractivity contribution in [2.75, 3.05) is 29.9 Å². The normalized spacial score (nSPS) is 14.2. The predicted molar refractivity (Wildman–Crippen MR) is 114 cm³/mol. The van der Waals surface area contributed by atoms with Crippen molar-refractivity contribution in [2.24, 2.45) is 0 Å². The number of benzene rings is 2. The Morgan fingerprint density at radius 3 is 2.36 bits per heavy atom. The average molecular weight is 469 g/mol. The predicted octanol–water partition coefficient (Wildman–Crippen LogP) is 5.12. The average Bonchev–Trinajstić information content (AvgIpc) is 2.76. The maximum absolute atomic E-state index is 13.6. The van der Waals surface area contributed by atoms with Crippen LogP contribution >= 0.6 is 0 Å². The molecule has 3 rings (SSSR count). The second kappa shape index (κ2) is 10.6. The van der Waals surface area contributed by atoms with Crippen molar-refractivity contribution in [1.29, 1.82) is 0 Å². The van der Waals surface area contributed by atoms with E-state index in [1.165, 1.54) is 6.07 Å². The van der Waals surface area contributed by atoms with Crippen LogP contribution in [0.25, 0.3) is 0 Å². The molecule has 10 heteroatoms. The van der Waals surface area contributed by atoms with Gasteiger partial charge in [-0.1, -0.05) is 0 Å². The zero-order chi connectivity index (χ0) is 24.0. The minimum atomic E-state index is -4.54. The maximum Gasteiger partial charge on any atom is 0.416 e. The minimum absolute atomic E-state index is 0.0324. The van der Waals surface area contributed by atoms with Gasteiger partial charge in [-0.05, 0) is 56.0 Å². The second-order valence-corrected chi connectivity index (χ2v) is 7.81. The Bertz CT molecular complexity index is 1000. The topological polar surface area (TPSA) is 61.4 Å². The molecule has 1 aliphatic rings. The number of piperidine rings is 1. The van der Waals surface area contributed by atoms with Gasteiger partial charge in [-0.3, -0.25) is 9.59 Å². The van der Waals surface area contributed by atoms with Gasteiger partial charge in [-0.25, -0.2) is 8.78 Å². The largest absolute Gasteiger partial charge is 0.416 e. The second-order valence-electron chi connectivity index (χ2n) is 7.81. The summed E-state index contributed by atoms with van der Waals surface area (Å²) in [4.78, 5) is 26.3. The highest BCUT2D eigenvalue weighted by Crippen LogP contribution is 2.36. The Morgan fingerprint density at radius 1 is 0.970 bits per heavy atom. The monoisotopic (exact) mass is 469 g/mol. The zero-order valence-electron chi connectivity index (χ0n) is 17.8. The van der Waals surface area contributed by atoms with E-state index in [0.29, 0.717) is 24.8 Å². The highest BCUT2D eigenvalue weighted by atomic mass is 19.4. The van der Waals surface area contributed by atoms with Crippen LogP contribution in [-0.4, -0.2) is 31.4 Å². The number of amides is 2. The molecule has 2 N–H and O–H groups in total. The molecule has 178 valence electrons. The van der Waals surface area contributed by atoms with Crippen LogP contribution in [-0.2, 0) is 11.0 Å². The Kier molecular flexibility index (Phi) is 7.88. The minimum Gasteiger partial charge on any atom is -0.370 e. The highest BCUT2D eigenvalue weighted by Gasteiger charge is 2.31. The molecule has 33 heavy (non-hydrogen) atoms. The molecule has 0 spiro atoms. The summed E-state index contributed by atoms with van der Waals surface area (Å²) < 4.78 is 66.1. The summed E-state index contributed by atoms with van der Waals surface area (Å²) in [7, 11) is 0. The summed E-state index contributed by atoms with van der Waals surface area (Å²) in [5.41, 5.74) is -0.548. The Morgan fingerprint density at radius 2 is 1.70 bits per heavy atom. The summed E-state index contributed by atoms with van der Waals surface area (Å²) in [5, 5.41) is 4.99. The molecule has 0 unspecified atom stereocenters. The molecular weight excluding hydrogens is 445 g/mol. The lowest BCUT2D eigenvalue weighted by Gasteiger charge is -2.31. The van der Waals surface area contributed by atoms with E-state index in [4.69, 9.17) is 0 Å². The highest BCUT2D eigenvalue weighted by molar-refractivity contribution is 5.95. The van der Waals surface area contributed by atoms with Gasteiger partial charge >= 0.3 is 6.18 Å². The summed E-state index contributed by atoms with van der Waals surface area (Å²) in [6.07, 6.45) is -1.54. The fourth-order valence-corrected chi connectivity index (χ4v) is 3.66. The molecule has 2 aromatic rings. The molecule has 0 atom stereocenters. The molecule has 0 bridgehead atoms. The van der Waals surface area contributed by atoms with E-state index in [1.807, 2.05) is 4.90 Å². The van der Waals surface area contributed by atoms with E-state index >= 15 is 0 Å². The summed E-state index contributed by atoms with van der Waals surface area (Å²) >= 11 is 0. The van der Waals surface area contributed by atoms with Crippen molar-refractivity contribution in [2.45, 2.75) is 38.3 Å². The number of hydrogen-bond donors (Lipinski definition) is 2. The van der Waals surface area contributed by atoms with E-state index in [1.54, 1.807) is 0 Å². The van der Waals surface area contributed by atoms with Gasteiger partial charge in [0.15, 0.2) is 0 Å². The van der Waals surface area contributed by atoms with Crippen LogP contribution in [0.1, 0.15) is 48.0 Å². The number of anilines is 2. The number of rotatable bonds is 7. The summed E-state index contributed by atoms with van der Waals surface area (Å²) in [5.74, 6) is -3.06. The first-order valence-corrected chi connectivity index (χ1v) is 10.6. The lowest BCUT2D eigenvalue weighted by Crippen LogP contribution is -2.30. The first-order chi connectivity index (χ1) is 15.6. The molecule has 1 saturated heterocycles. The smallest absolute Gasteiger partial charge is 0.370 e. The van der Waals surface area contributed by atoms with Crippen molar-refractivity contribution < 1.29 is 31.5 Å². The van der Waals surface area contributed by atoms with Crippen LogP contribution in [0.5, 0.6) is 0 Å². The first-order valence-electron chi connectivity index (χ1n) is 10.6. The van der Waals surface area contributed by atoms with Gasteiger partial charge in [0.25, 0.3) is 5.91 Å². The van der Waals surface area contributed by atoms with E-state index < -0.39 is 35.2 Å². The van der Waals surface area contributed by atoms with Crippen molar-refractivity contribution in [1.82, 2.24) is 5.32 Å². The van der Waals surface area contributed by atoms with Gasteiger partial charge in [0.05, 0.1) is 22.5 Å². The van der Waals surface area contributed by atoms with E-state index in [0.717, 1.165) is 43.5 Å². The molecule has 2 amide bonds. The quantitative estimate of drug-likeness (QED) is 0.437. The van der Waals surface area contributed by atoms with Gasteiger partial charge in [0.1, 0.15) is 11.6 Å². The molecule has 1 aliphatic heterocycles. The standard InChI is InChI=1S/C23H24F5N3O2/c24-16-7-8-17(18(25)14-16)22(33)29-10-4-5-21(32)30-19-13-15(23(26,27)28)6-9-20(19)31-11-2-1-3-12-31/h6-9,13-14H,1-5,10-12H2,(H,29,33)(H,30,32). The maximum atomic E-state index is 13.6. The van der Waals surface area contributed by atoms with E-state index in [-0.39, 0.29) is 30.6 Å². The van der Waals surface area contributed by atoms with Crippen molar-refractivity contribution in [3.05, 3.63) is 59.2 Å². The lowest BCUT2D eigenvalue weighted by atomic mass is 10.1. The number of carbonyl (C=O) groups excluding carboxylic acids is 2. The fourth-order valence-electron chi connectivity index (χ4n) is 3.66. The van der Waals surface area contributed by atoms with Crippen molar-refractivity contribution >= 4 is 23.2 Å². The van der Waals surface area contributed by atoms with Crippen LogP contribution in [0.15, 0.2) is 36.4 Å². The van der Waals surface area contributed by atoms with Gasteiger partial charge in [0, 0.05) is 32.1 Å². The number of hydrogen-bond acceptors (Lipinski definition) is 3. The summed E-state index contributed by atoms with van der Waals surface area (Å²) in [6, 6.07) is 5.88. The number of alkyl halides is 3. The molecule has 0 saturated carbocycles. The fraction of sp³-hybridized carbons (Fsp3) is 0.391. The number of halogens is 5. The third-order valence-electron chi connectivity index (χ3n) is 5.34. The van der Waals surface area contributed by atoms with Crippen LogP contribution < -0.4 is 15.5 Å². The number of carbonyl (C=O) groups is 2. The summed E-state index contributed by atoms with van der Waals surface area (Å²) in [6.45, 7) is 1.42. The molecule has 0 aliphatic carbocycles. The van der Waals surface area contributed by atoms with Crippen LogP contribution in [0.4, 0.5) is 33.3 Å². The molecule has 0 radical (unpaired) electrons. The van der Waals surface area contributed by atoms with E-state index in [2.05, 4.69) is 10.6 Å². The van der Waals surface area contributed by atoms with Crippen molar-refractivity contribution in [3.8, 4) is 0 Å². The molecule has 5 nitrogen and oxygen atoms in total. The third kappa shape index (κ3) is 6.66. The number of nitrogens with zero attached hydrogens (tertiary/aromatic N) is 1. The molecule has 0 aromatic heterocycles. The molecular formula is C23H24F5N3O2. The van der Waals surface area contributed by atoms with Crippen LogP contribution in [0.3, 0.4) is 0 Å². The lowest BCUT2D eigenvalue weighted by molar-refractivity contribution is -0.137. The molecule has 1 fully saturated rings. The van der Waals surface area contributed by atoms with Gasteiger partial charge in [-0.2, -0.15) is 13.2 Å². The van der Waals surface area contributed by atoms with E-state index in [9.17, 15) is 31.5 Å². The van der Waals surface area contributed by atoms with Gasteiger partial charge < -0.3 is 15.5 Å². The molecule has 1 heterocycles. The Labute approximate surface area is 188 Å². The SMILES string of the molecule is O=C(CCCNC(=O)c1ccc(F)cc1F)Nc1cc(C(F)(F)F)ccc1N1CCCCC1. The molecule has 2 aromatic carbocycles. The Balaban J connectivity index is 1.59. The Hall–Kier alpha value is -3.17. The first kappa shape index (κ1) is 24.5.